The average molecular weight is 141 g/mol. The predicted molar refractivity (Wildman–Crippen MR) is 43.5 cm³/mol. The van der Waals surface area contributed by atoms with Crippen LogP contribution in [-0.2, 0) is 4.79 Å². The van der Waals surface area contributed by atoms with Gasteiger partial charge in [0.15, 0.2) is 6.29 Å². The molecule has 0 spiro atoms. The Balaban J connectivity index is 3.84. The molecule has 0 bridgehead atoms. The van der Waals surface area contributed by atoms with Gasteiger partial charge >= 0.3 is 0 Å². The zero-order chi connectivity index (χ0) is 8.15. The Labute approximate surface area is 63.8 Å². The molecule has 1 heteroatoms. The third-order valence-corrected chi connectivity index (χ3v) is 2.03. The van der Waals surface area contributed by atoms with Gasteiger partial charge in [0.1, 0.15) is 0 Å². The van der Waals surface area contributed by atoms with E-state index in [4.69, 9.17) is 0 Å². The minimum Gasteiger partial charge on any atom is -0.291 e. The number of carbonyl (C=O) groups excluding carboxylic acids is 1. The van der Waals surface area contributed by atoms with Crippen LogP contribution < -0.4 is 0 Å². The van der Waals surface area contributed by atoms with Crippen LogP contribution in [-0.4, -0.2) is 6.29 Å². The molecule has 0 heterocycles. The fraction of sp³-hybridized carbons (Fsp3) is 0.889. The van der Waals surface area contributed by atoms with Gasteiger partial charge in [-0.2, -0.15) is 0 Å². The topological polar surface area (TPSA) is 17.1 Å². The van der Waals surface area contributed by atoms with Crippen molar-refractivity contribution in [2.75, 3.05) is 0 Å². The molecule has 0 unspecified atom stereocenters. The first-order valence-corrected chi connectivity index (χ1v) is 3.94. The van der Waals surface area contributed by atoms with E-state index >= 15 is 0 Å². The highest BCUT2D eigenvalue weighted by atomic mass is 16.1. The van der Waals surface area contributed by atoms with Crippen molar-refractivity contribution in [3.05, 3.63) is 0 Å². The van der Waals surface area contributed by atoms with E-state index in [1.165, 1.54) is 0 Å². The quantitative estimate of drug-likeness (QED) is 0.587. The lowest BCUT2D eigenvalue weighted by Crippen LogP contribution is -2.15. The molecule has 0 aliphatic carbocycles. The second-order valence-corrected chi connectivity index (χ2v) is 3.50. The molecule has 0 aromatic rings. The molecule has 0 atom stereocenters. The van der Waals surface area contributed by atoms with Crippen LogP contribution in [0, 0.1) is 17.8 Å². The summed E-state index contributed by atoms with van der Waals surface area (Å²) in [5, 5.41) is 0. The maximum Gasteiger partial charge on any atom is 0.198 e. The van der Waals surface area contributed by atoms with E-state index in [9.17, 15) is 4.79 Å². The lowest BCUT2D eigenvalue weighted by molar-refractivity contribution is 0.294. The molecule has 0 aromatic heterocycles. The second kappa shape index (κ2) is 4.48. The molecule has 0 aliphatic heterocycles. The molecule has 0 aromatic carbocycles. The summed E-state index contributed by atoms with van der Waals surface area (Å²) in [6, 6.07) is 0. The largest absolute Gasteiger partial charge is 0.291 e. The van der Waals surface area contributed by atoms with Crippen molar-refractivity contribution in [2.24, 2.45) is 17.8 Å². The van der Waals surface area contributed by atoms with Gasteiger partial charge in [-0.25, -0.2) is 0 Å². The van der Waals surface area contributed by atoms with Crippen molar-refractivity contribution in [3.63, 3.8) is 0 Å². The maximum absolute atomic E-state index is 10.1. The highest BCUT2D eigenvalue weighted by molar-refractivity contribution is 5.50. The third kappa shape index (κ3) is 3.00. The lowest BCUT2D eigenvalue weighted by Gasteiger charge is -2.21. The molecule has 10 heavy (non-hydrogen) atoms. The van der Waals surface area contributed by atoms with Crippen LogP contribution in [0.25, 0.3) is 0 Å². The van der Waals surface area contributed by atoms with E-state index < -0.39 is 0 Å². The van der Waals surface area contributed by atoms with E-state index in [-0.39, 0.29) is 0 Å². The Morgan fingerprint density at radius 1 is 1.10 bits per heavy atom. The fourth-order valence-electron chi connectivity index (χ4n) is 1.34. The van der Waals surface area contributed by atoms with Gasteiger partial charge in [0.2, 0.25) is 0 Å². The second-order valence-electron chi connectivity index (χ2n) is 3.50. The van der Waals surface area contributed by atoms with Gasteiger partial charge in [0, 0.05) is 6.42 Å². The van der Waals surface area contributed by atoms with E-state index in [1.807, 2.05) is 6.29 Å². The van der Waals surface area contributed by atoms with E-state index in [0.717, 1.165) is 0 Å². The first-order chi connectivity index (χ1) is 4.59. The average Bonchev–Trinajstić information content (AvgIpc) is 1.81. The molecule has 1 radical (unpaired) electrons. The van der Waals surface area contributed by atoms with Crippen LogP contribution in [0.5, 0.6) is 0 Å². The van der Waals surface area contributed by atoms with Crippen molar-refractivity contribution >= 4 is 6.29 Å². The van der Waals surface area contributed by atoms with Crippen molar-refractivity contribution in [1.29, 1.82) is 0 Å². The summed E-state index contributed by atoms with van der Waals surface area (Å²) in [7, 11) is 0. The molecule has 0 saturated heterocycles. The zero-order valence-corrected chi connectivity index (χ0v) is 7.35. The molecule has 0 saturated carbocycles. The number of hydrogen-bond acceptors (Lipinski definition) is 1. The molecular formula is C9H17O. The monoisotopic (exact) mass is 141 g/mol. The van der Waals surface area contributed by atoms with E-state index in [2.05, 4.69) is 27.7 Å². The summed E-state index contributed by atoms with van der Waals surface area (Å²) in [5.41, 5.74) is 0. The van der Waals surface area contributed by atoms with Crippen molar-refractivity contribution in [1.82, 2.24) is 0 Å². The normalized spacial score (nSPS) is 11.5. The Morgan fingerprint density at radius 3 is 1.60 bits per heavy atom. The Morgan fingerprint density at radius 2 is 1.50 bits per heavy atom. The summed E-state index contributed by atoms with van der Waals surface area (Å²) in [6.45, 7) is 8.62. The summed E-state index contributed by atoms with van der Waals surface area (Å²) in [4.78, 5) is 10.1. The fourth-order valence-corrected chi connectivity index (χ4v) is 1.34. The highest BCUT2D eigenvalue weighted by Gasteiger charge is 2.16. The van der Waals surface area contributed by atoms with Crippen LogP contribution in [0.3, 0.4) is 0 Å². The predicted octanol–water partition coefficient (Wildman–Crippen LogP) is 2.41. The first kappa shape index (κ1) is 9.67. The third-order valence-electron chi connectivity index (χ3n) is 2.03. The lowest BCUT2D eigenvalue weighted by atomic mass is 9.84. The minimum absolute atomic E-state index is 0.512. The van der Waals surface area contributed by atoms with Crippen LogP contribution in [0.4, 0.5) is 0 Å². The molecule has 0 amide bonds. The Hall–Kier alpha value is -0.330. The molecule has 0 aliphatic rings. The summed E-state index contributed by atoms with van der Waals surface area (Å²) in [5.74, 6) is 1.71. The molecular weight excluding hydrogens is 124 g/mol. The van der Waals surface area contributed by atoms with Gasteiger partial charge in [-0.05, 0) is 17.8 Å². The molecule has 59 valence electrons. The van der Waals surface area contributed by atoms with Gasteiger partial charge in [-0.3, -0.25) is 4.79 Å². The summed E-state index contributed by atoms with van der Waals surface area (Å²) >= 11 is 0. The molecule has 1 nitrogen and oxygen atoms in total. The van der Waals surface area contributed by atoms with Crippen LogP contribution in [0.1, 0.15) is 34.1 Å². The van der Waals surface area contributed by atoms with Crippen molar-refractivity contribution in [3.8, 4) is 0 Å². The SMILES string of the molecule is CC(C)C(C[C]=O)C(C)C. The Kier molecular flexibility index (Phi) is 4.33. The van der Waals surface area contributed by atoms with E-state index in [1.54, 1.807) is 0 Å². The van der Waals surface area contributed by atoms with Crippen molar-refractivity contribution < 1.29 is 4.79 Å². The summed E-state index contributed by atoms with van der Waals surface area (Å²) < 4.78 is 0. The van der Waals surface area contributed by atoms with Crippen molar-refractivity contribution in [2.45, 2.75) is 34.1 Å². The van der Waals surface area contributed by atoms with Gasteiger partial charge in [-0.1, -0.05) is 27.7 Å². The van der Waals surface area contributed by atoms with Gasteiger partial charge in [-0.15, -0.1) is 0 Å². The number of rotatable bonds is 4. The molecule has 0 N–H and O–H groups in total. The van der Waals surface area contributed by atoms with Gasteiger partial charge in [0.25, 0.3) is 0 Å². The van der Waals surface area contributed by atoms with Gasteiger partial charge in [0.05, 0.1) is 0 Å². The Bertz CT molecular complexity index is 86.9. The zero-order valence-electron chi connectivity index (χ0n) is 7.35. The van der Waals surface area contributed by atoms with Crippen LogP contribution in [0.2, 0.25) is 0 Å². The maximum atomic E-state index is 10.1. The summed E-state index contributed by atoms with van der Waals surface area (Å²) in [6.07, 6.45) is 2.57. The number of hydrogen-bond donors (Lipinski definition) is 0. The smallest absolute Gasteiger partial charge is 0.198 e. The molecule has 0 fully saturated rings. The highest BCUT2D eigenvalue weighted by Crippen LogP contribution is 2.22. The molecule has 0 rings (SSSR count). The van der Waals surface area contributed by atoms with Crippen LogP contribution in [0.15, 0.2) is 0 Å². The minimum atomic E-state index is 0.512. The van der Waals surface area contributed by atoms with Gasteiger partial charge < -0.3 is 0 Å². The standard InChI is InChI=1S/C9H17O/c1-7(2)9(5-6-10)8(3)4/h7-9H,5H2,1-4H3. The first-order valence-electron chi connectivity index (χ1n) is 3.94. The van der Waals surface area contributed by atoms with E-state index in [0.29, 0.717) is 24.2 Å². The van der Waals surface area contributed by atoms with Crippen LogP contribution >= 0.6 is 0 Å².